The van der Waals surface area contributed by atoms with Crippen molar-refractivity contribution in [1.82, 2.24) is 9.58 Å². The number of aromatic nitrogens is 1. The lowest BCUT2D eigenvalue weighted by molar-refractivity contribution is -0.114. The summed E-state index contributed by atoms with van der Waals surface area (Å²) in [6.45, 7) is 8.18. The highest BCUT2D eigenvalue weighted by Crippen LogP contribution is 2.32. The molecule has 2 aliphatic heterocycles. The van der Waals surface area contributed by atoms with Crippen molar-refractivity contribution in [3.63, 3.8) is 0 Å². The van der Waals surface area contributed by atoms with Gasteiger partial charge in [-0.1, -0.05) is 19.4 Å². The molecule has 1 aromatic heterocycles. The van der Waals surface area contributed by atoms with Gasteiger partial charge in [0.15, 0.2) is 5.84 Å². The zero-order chi connectivity index (χ0) is 23.0. The number of amides is 1. The minimum atomic E-state index is -0.404. The summed E-state index contributed by atoms with van der Waals surface area (Å²) in [6.07, 6.45) is 4.66. The molecule has 0 bridgehead atoms. The minimum Gasteiger partial charge on any atom is -0.495 e. The van der Waals surface area contributed by atoms with Crippen LogP contribution in [0.4, 0.5) is 0 Å². The van der Waals surface area contributed by atoms with Crippen LogP contribution in [0.5, 0.6) is 5.75 Å². The summed E-state index contributed by atoms with van der Waals surface area (Å²) in [5, 5.41) is 16.0. The second kappa shape index (κ2) is 8.78. The molecule has 1 amide bonds. The lowest BCUT2D eigenvalue weighted by Crippen LogP contribution is -2.35. The van der Waals surface area contributed by atoms with Crippen molar-refractivity contribution >= 4 is 39.8 Å². The van der Waals surface area contributed by atoms with Crippen LogP contribution in [0.25, 0.3) is 11.8 Å². The topological polar surface area (TPSA) is 83.0 Å². The maximum Gasteiger partial charge on any atom is 0.283 e. The number of fused-ring (bicyclic) bond motifs is 1. The Morgan fingerprint density at radius 1 is 1.22 bits per heavy atom. The third-order valence-corrected chi connectivity index (χ3v) is 6.55. The first-order valence-corrected chi connectivity index (χ1v) is 11.5. The van der Waals surface area contributed by atoms with Gasteiger partial charge in [0.2, 0.25) is 5.17 Å². The maximum absolute atomic E-state index is 12.8. The number of amidine groups is 2. The number of hydrazone groups is 1. The minimum absolute atomic E-state index is 0.0666. The number of hydrogen-bond acceptors (Lipinski definition) is 5. The van der Waals surface area contributed by atoms with Crippen molar-refractivity contribution in [2.45, 2.75) is 47.0 Å². The van der Waals surface area contributed by atoms with Gasteiger partial charge >= 0.3 is 0 Å². The van der Waals surface area contributed by atoms with Gasteiger partial charge in [-0.05, 0) is 80.8 Å². The van der Waals surface area contributed by atoms with Gasteiger partial charge in [0.05, 0.1) is 18.4 Å². The largest absolute Gasteiger partial charge is 0.495 e. The Bertz CT molecular complexity index is 1210. The van der Waals surface area contributed by atoms with Gasteiger partial charge in [0, 0.05) is 11.4 Å². The molecule has 7 nitrogen and oxygen atoms in total. The van der Waals surface area contributed by atoms with Crippen LogP contribution in [-0.4, -0.2) is 38.6 Å². The third-order valence-electron chi connectivity index (χ3n) is 5.59. The molecule has 3 heterocycles. The van der Waals surface area contributed by atoms with E-state index in [0.29, 0.717) is 5.17 Å². The quantitative estimate of drug-likeness (QED) is 0.613. The number of unbranched alkanes of at least 4 members (excludes halogenated alkanes) is 1. The molecule has 0 fully saturated rings. The Morgan fingerprint density at radius 2 is 2.00 bits per heavy atom. The molecular formula is C24H27N5O2S. The Balaban J connectivity index is 1.72. The van der Waals surface area contributed by atoms with E-state index in [0.717, 1.165) is 58.3 Å². The Hall–Kier alpha value is -3.13. The van der Waals surface area contributed by atoms with Gasteiger partial charge in [0.1, 0.15) is 10.8 Å². The number of carbonyl (C=O) groups excluding carboxylic acids is 1. The van der Waals surface area contributed by atoms with Crippen LogP contribution in [0.2, 0.25) is 0 Å². The highest BCUT2D eigenvalue weighted by molar-refractivity contribution is 8.26. The van der Waals surface area contributed by atoms with Gasteiger partial charge in [-0.3, -0.25) is 10.2 Å². The number of nitrogens with one attached hydrogen (secondary N) is 1. The SMILES string of the molecule is CCCCC1=NN2C(=N)/C(=C/c3cc(C)n(-c4cc(C)ccc4OC)c3C)C(=O)N=C2S1. The van der Waals surface area contributed by atoms with E-state index in [4.69, 9.17) is 10.1 Å². The number of carbonyl (C=O) groups is 1. The van der Waals surface area contributed by atoms with Crippen molar-refractivity contribution in [2.24, 2.45) is 10.1 Å². The average molecular weight is 450 g/mol. The van der Waals surface area contributed by atoms with E-state index in [2.05, 4.69) is 27.7 Å². The van der Waals surface area contributed by atoms with Crippen LogP contribution in [-0.2, 0) is 4.79 Å². The fourth-order valence-electron chi connectivity index (χ4n) is 3.90. The molecule has 0 radical (unpaired) electrons. The first kappa shape index (κ1) is 22.1. The Kier molecular flexibility index (Phi) is 6.06. The summed E-state index contributed by atoms with van der Waals surface area (Å²) >= 11 is 1.38. The predicted molar refractivity (Wildman–Crippen MR) is 131 cm³/mol. The molecule has 0 aliphatic carbocycles. The summed E-state index contributed by atoms with van der Waals surface area (Å²) in [7, 11) is 1.66. The van der Waals surface area contributed by atoms with E-state index in [1.165, 1.54) is 16.8 Å². The number of nitrogens with zero attached hydrogens (tertiary/aromatic N) is 4. The third kappa shape index (κ3) is 3.90. The second-order valence-corrected chi connectivity index (χ2v) is 9.00. The normalized spacial score (nSPS) is 17.0. The molecule has 32 heavy (non-hydrogen) atoms. The average Bonchev–Trinajstić information content (AvgIpc) is 3.29. The standard InChI is InChI=1S/C24H27N5O2S/c1-6-7-8-21-27-29-22(25)18(23(30)26-24(29)32-21)13-17-12-15(3)28(16(17)4)19-11-14(2)9-10-20(19)31-5/h9-13,25H,6-8H2,1-5H3/b18-13-,25-22?. The molecule has 0 unspecified atom stereocenters. The fourth-order valence-corrected chi connectivity index (χ4v) is 4.82. The number of methoxy groups -OCH3 is 1. The molecule has 0 atom stereocenters. The molecular weight excluding hydrogens is 422 g/mol. The van der Waals surface area contributed by atoms with Crippen LogP contribution in [0.15, 0.2) is 39.9 Å². The molecule has 4 rings (SSSR count). The molecule has 1 N–H and O–H groups in total. The molecule has 1 aromatic carbocycles. The summed E-state index contributed by atoms with van der Waals surface area (Å²) in [5.41, 5.74) is 5.14. The van der Waals surface area contributed by atoms with E-state index in [-0.39, 0.29) is 11.4 Å². The van der Waals surface area contributed by atoms with Gasteiger partial charge in [-0.15, -0.1) is 0 Å². The molecule has 166 valence electrons. The highest BCUT2D eigenvalue weighted by Gasteiger charge is 2.35. The molecule has 0 spiro atoms. The smallest absolute Gasteiger partial charge is 0.283 e. The molecule has 8 heteroatoms. The van der Waals surface area contributed by atoms with Crippen molar-refractivity contribution < 1.29 is 9.53 Å². The monoisotopic (exact) mass is 449 g/mol. The Labute approximate surface area is 192 Å². The van der Waals surface area contributed by atoms with Crippen LogP contribution in [0.3, 0.4) is 0 Å². The second-order valence-electron chi connectivity index (χ2n) is 7.95. The van der Waals surface area contributed by atoms with Gasteiger partial charge in [-0.2, -0.15) is 15.1 Å². The van der Waals surface area contributed by atoms with E-state index in [1.54, 1.807) is 13.2 Å². The van der Waals surface area contributed by atoms with Crippen LogP contribution < -0.4 is 4.74 Å². The summed E-state index contributed by atoms with van der Waals surface area (Å²) in [6, 6.07) is 8.06. The van der Waals surface area contributed by atoms with Gasteiger partial charge < -0.3 is 9.30 Å². The fraction of sp³-hybridized carbons (Fsp3) is 0.333. The van der Waals surface area contributed by atoms with Crippen LogP contribution >= 0.6 is 11.8 Å². The highest BCUT2D eigenvalue weighted by atomic mass is 32.2. The Morgan fingerprint density at radius 3 is 2.72 bits per heavy atom. The van der Waals surface area contributed by atoms with E-state index in [9.17, 15) is 4.79 Å². The molecule has 0 saturated heterocycles. The maximum atomic E-state index is 12.8. The van der Waals surface area contributed by atoms with E-state index >= 15 is 0 Å². The molecule has 2 aliphatic rings. The van der Waals surface area contributed by atoms with Crippen molar-refractivity contribution in [2.75, 3.05) is 7.11 Å². The van der Waals surface area contributed by atoms with Gasteiger partial charge in [0.25, 0.3) is 5.91 Å². The zero-order valence-corrected chi connectivity index (χ0v) is 19.8. The number of thioether (sulfide) groups is 1. The van der Waals surface area contributed by atoms with Crippen LogP contribution in [0.1, 0.15) is 48.7 Å². The summed E-state index contributed by atoms with van der Waals surface area (Å²) in [4.78, 5) is 17.0. The number of benzene rings is 1. The number of rotatable bonds is 6. The van der Waals surface area contributed by atoms with Gasteiger partial charge in [-0.25, -0.2) is 0 Å². The first-order chi connectivity index (χ1) is 15.3. The zero-order valence-electron chi connectivity index (χ0n) is 19.0. The molecule has 0 saturated carbocycles. The van der Waals surface area contributed by atoms with Crippen molar-refractivity contribution in [3.05, 3.63) is 52.4 Å². The number of ether oxygens (including phenoxy) is 1. The van der Waals surface area contributed by atoms with E-state index in [1.807, 2.05) is 39.0 Å². The number of hydrogen-bond donors (Lipinski definition) is 1. The lowest BCUT2D eigenvalue weighted by atomic mass is 10.1. The number of aliphatic imine (C=N–C) groups is 1. The predicted octanol–water partition coefficient (Wildman–Crippen LogP) is 5.22. The number of aryl methyl sites for hydroxylation is 2. The first-order valence-electron chi connectivity index (χ1n) is 10.7. The summed E-state index contributed by atoms with van der Waals surface area (Å²) in [5.74, 6) is 0.436. The van der Waals surface area contributed by atoms with Crippen LogP contribution in [0, 0.1) is 26.2 Å². The van der Waals surface area contributed by atoms with Crippen molar-refractivity contribution in [3.8, 4) is 11.4 Å². The lowest BCUT2D eigenvalue weighted by Gasteiger charge is -2.20. The molecule has 2 aromatic rings. The summed E-state index contributed by atoms with van der Waals surface area (Å²) < 4.78 is 7.69. The van der Waals surface area contributed by atoms with E-state index < -0.39 is 5.91 Å². The van der Waals surface area contributed by atoms with Crippen molar-refractivity contribution in [1.29, 1.82) is 5.41 Å².